The van der Waals surface area contributed by atoms with Gasteiger partial charge in [0.25, 0.3) is 5.91 Å². The second-order valence-corrected chi connectivity index (χ2v) is 6.09. The van der Waals surface area contributed by atoms with E-state index in [1.54, 1.807) is 12.1 Å². The van der Waals surface area contributed by atoms with E-state index in [4.69, 9.17) is 0 Å². The van der Waals surface area contributed by atoms with Crippen molar-refractivity contribution in [2.45, 2.75) is 20.8 Å². The summed E-state index contributed by atoms with van der Waals surface area (Å²) in [6.07, 6.45) is 0. The van der Waals surface area contributed by atoms with Crippen molar-refractivity contribution in [2.75, 3.05) is 11.9 Å². The molecule has 6 heteroatoms. The second kappa shape index (κ2) is 7.56. The molecule has 0 bridgehead atoms. The smallest absolute Gasteiger partial charge is 0.264 e. The lowest BCUT2D eigenvalue weighted by molar-refractivity contribution is -0.114. The average Bonchev–Trinajstić information content (AvgIpc) is 2.83. The van der Waals surface area contributed by atoms with E-state index in [1.165, 1.54) is 18.3 Å². The molecule has 0 unspecified atom stereocenters. The lowest BCUT2D eigenvalue weighted by Gasteiger charge is -2.01. The van der Waals surface area contributed by atoms with Gasteiger partial charge in [0.15, 0.2) is 0 Å². The lowest BCUT2D eigenvalue weighted by atomic mass is 10.2. The molecule has 1 aromatic carbocycles. The van der Waals surface area contributed by atoms with Crippen LogP contribution in [0.3, 0.4) is 0 Å². The van der Waals surface area contributed by atoms with Crippen LogP contribution in [0.2, 0.25) is 0 Å². The van der Waals surface area contributed by atoms with Gasteiger partial charge in [0.2, 0.25) is 5.91 Å². The molecular formula is C17H17N3O2S. The van der Waals surface area contributed by atoms with Crippen LogP contribution < -0.4 is 10.6 Å². The molecular weight excluding hydrogens is 310 g/mol. The van der Waals surface area contributed by atoms with Crippen molar-refractivity contribution < 1.29 is 9.59 Å². The SMILES string of the molecule is CC(=O)Nc1ccc(C#CCNC(=O)c2sc(C)nc2C)cc1. The monoisotopic (exact) mass is 327 g/mol. The number of nitrogens with one attached hydrogen (secondary N) is 2. The first kappa shape index (κ1) is 16.7. The summed E-state index contributed by atoms with van der Waals surface area (Å²) >= 11 is 1.38. The van der Waals surface area contributed by atoms with Crippen molar-refractivity contribution in [3.8, 4) is 11.8 Å². The van der Waals surface area contributed by atoms with Crippen LogP contribution in [0.25, 0.3) is 0 Å². The van der Waals surface area contributed by atoms with Crippen LogP contribution in [0.5, 0.6) is 0 Å². The molecule has 0 fully saturated rings. The Hall–Kier alpha value is -2.65. The predicted molar refractivity (Wildman–Crippen MR) is 91.5 cm³/mol. The summed E-state index contributed by atoms with van der Waals surface area (Å²) in [5.74, 6) is 5.61. The number of amides is 2. The van der Waals surface area contributed by atoms with Gasteiger partial charge in [-0.3, -0.25) is 9.59 Å². The van der Waals surface area contributed by atoms with E-state index in [2.05, 4.69) is 27.5 Å². The first-order valence-corrected chi connectivity index (χ1v) is 7.86. The van der Waals surface area contributed by atoms with Gasteiger partial charge < -0.3 is 10.6 Å². The standard InChI is InChI=1S/C17H17N3O2S/c1-11-16(23-13(3)19-11)17(22)18-10-4-5-14-6-8-15(9-7-14)20-12(2)21/h6-9H,10H2,1-3H3,(H,18,22)(H,20,21). The molecule has 118 valence electrons. The Bertz CT molecular complexity index is 782. The molecule has 1 aromatic heterocycles. The third-order valence-electron chi connectivity index (χ3n) is 2.89. The number of nitrogens with zero attached hydrogens (tertiary/aromatic N) is 1. The van der Waals surface area contributed by atoms with Crippen molar-refractivity contribution in [1.29, 1.82) is 0 Å². The van der Waals surface area contributed by atoms with Gasteiger partial charge in [0.05, 0.1) is 17.2 Å². The van der Waals surface area contributed by atoms with Crippen LogP contribution in [-0.2, 0) is 4.79 Å². The topological polar surface area (TPSA) is 71.1 Å². The molecule has 0 saturated heterocycles. The highest BCUT2D eigenvalue weighted by molar-refractivity contribution is 7.13. The molecule has 0 saturated carbocycles. The summed E-state index contributed by atoms with van der Waals surface area (Å²) in [5.41, 5.74) is 2.29. The average molecular weight is 327 g/mol. The number of benzene rings is 1. The fraction of sp³-hybridized carbons (Fsp3) is 0.235. The molecule has 23 heavy (non-hydrogen) atoms. The largest absolute Gasteiger partial charge is 0.340 e. The number of hydrogen-bond donors (Lipinski definition) is 2. The number of carbonyl (C=O) groups excluding carboxylic acids is 2. The minimum Gasteiger partial charge on any atom is -0.340 e. The van der Waals surface area contributed by atoms with Crippen molar-refractivity contribution in [1.82, 2.24) is 10.3 Å². The van der Waals surface area contributed by atoms with Crippen LogP contribution in [-0.4, -0.2) is 23.3 Å². The highest BCUT2D eigenvalue weighted by atomic mass is 32.1. The van der Waals surface area contributed by atoms with Crippen molar-refractivity contribution in [3.05, 3.63) is 45.4 Å². The van der Waals surface area contributed by atoms with E-state index >= 15 is 0 Å². The number of rotatable bonds is 3. The molecule has 0 aliphatic heterocycles. The van der Waals surface area contributed by atoms with Crippen LogP contribution in [0.4, 0.5) is 5.69 Å². The quantitative estimate of drug-likeness (QED) is 0.851. The number of aryl methyl sites for hydroxylation is 2. The highest BCUT2D eigenvalue weighted by Gasteiger charge is 2.12. The highest BCUT2D eigenvalue weighted by Crippen LogP contribution is 2.16. The fourth-order valence-corrected chi connectivity index (χ4v) is 2.77. The van der Waals surface area contributed by atoms with E-state index in [0.717, 1.165) is 22.0 Å². The van der Waals surface area contributed by atoms with Crippen LogP contribution in [0.15, 0.2) is 24.3 Å². The van der Waals surface area contributed by atoms with E-state index in [-0.39, 0.29) is 18.4 Å². The summed E-state index contributed by atoms with van der Waals surface area (Å²) in [7, 11) is 0. The van der Waals surface area contributed by atoms with E-state index in [1.807, 2.05) is 26.0 Å². The number of anilines is 1. The molecule has 0 spiro atoms. The summed E-state index contributed by atoms with van der Waals surface area (Å²) in [5, 5.41) is 6.33. The Morgan fingerprint density at radius 1 is 1.22 bits per heavy atom. The molecule has 2 N–H and O–H groups in total. The molecule has 2 aromatic rings. The molecule has 0 aliphatic carbocycles. The van der Waals surface area contributed by atoms with Gasteiger partial charge in [-0.15, -0.1) is 11.3 Å². The van der Waals surface area contributed by atoms with Gasteiger partial charge in [0, 0.05) is 18.2 Å². The maximum atomic E-state index is 12.0. The predicted octanol–water partition coefficient (Wildman–Crippen LogP) is 2.50. The van der Waals surface area contributed by atoms with E-state index in [0.29, 0.717) is 4.88 Å². The van der Waals surface area contributed by atoms with Gasteiger partial charge in [-0.25, -0.2) is 4.98 Å². The molecule has 0 atom stereocenters. The normalized spacial score (nSPS) is 9.70. The summed E-state index contributed by atoms with van der Waals surface area (Å²) < 4.78 is 0. The Balaban J connectivity index is 1.89. The molecule has 5 nitrogen and oxygen atoms in total. The third kappa shape index (κ3) is 4.94. The van der Waals surface area contributed by atoms with Crippen LogP contribution >= 0.6 is 11.3 Å². The first-order chi connectivity index (χ1) is 11.0. The molecule has 0 aliphatic rings. The number of hydrogen-bond acceptors (Lipinski definition) is 4. The molecule has 0 radical (unpaired) electrons. The van der Waals surface area contributed by atoms with Crippen LogP contribution in [0, 0.1) is 25.7 Å². The van der Waals surface area contributed by atoms with E-state index in [9.17, 15) is 9.59 Å². The zero-order valence-electron chi connectivity index (χ0n) is 13.2. The summed E-state index contributed by atoms with van der Waals surface area (Å²) in [6, 6.07) is 7.20. The Morgan fingerprint density at radius 2 is 1.91 bits per heavy atom. The van der Waals surface area contributed by atoms with Crippen molar-refractivity contribution in [3.63, 3.8) is 0 Å². The summed E-state index contributed by atoms with van der Waals surface area (Å²) in [4.78, 5) is 27.8. The van der Waals surface area contributed by atoms with Crippen molar-refractivity contribution >= 4 is 28.8 Å². The Kier molecular flexibility index (Phi) is 5.50. The zero-order valence-corrected chi connectivity index (χ0v) is 14.0. The summed E-state index contributed by atoms with van der Waals surface area (Å²) in [6.45, 7) is 5.42. The zero-order chi connectivity index (χ0) is 16.8. The molecule has 2 amide bonds. The molecule has 2 rings (SSSR count). The fourth-order valence-electron chi connectivity index (χ4n) is 1.93. The van der Waals surface area contributed by atoms with E-state index < -0.39 is 0 Å². The van der Waals surface area contributed by atoms with Crippen molar-refractivity contribution in [2.24, 2.45) is 0 Å². The number of carbonyl (C=O) groups is 2. The Labute approximate surface area is 139 Å². The van der Waals surface area contributed by atoms with Gasteiger partial charge in [0.1, 0.15) is 4.88 Å². The van der Waals surface area contributed by atoms with Gasteiger partial charge in [-0.1, -0.05) is 11.8 Å². The van der Waals surface area contributed by atoms with Gasteiger partial charge in [-0.05, 0) is 38.1 Å². The minimum atomic E-state index is -0.150. The number of thiazole rings is 1. The van der Waals surface area contributed by atoms with Gasteiger partial charge in [-0.2, -0.15) is 0 Å². The van der Waals surface area contributed by atoms with Gasteiger partial charge >= 0.3 is 0 Å². The maximum Gasteiger partial charge on any atom is 0.264 e. The minimum absolute atomic E-state index is 0.111. The third-order valence-corrected chi connectivity index (χ3v) is 3.96. The second-order valence-electron chi connectivity index (χ2n) is 4.89. The maximum absolute atomic E-state index is 12.0. The first-order valence-electron chi connectivity index (χ1n) is 7.04. The Morgan fingerprint density at radius 3 is 2.48 bits per heavy atom. The lowest BCUT2D eigenvalue weighted by Crippen LogP contribution is -2.23. The number of aromatic nitrogens is 1. The van der Waals surface area contributed by atoms with Crippen LogP contribution in [0.1, 0.15) is 32.9 Å². The molecule has 1 heterocycles.